The normalized spacial score (nSPS) is 11.6. The van der Waals surface area contributed by atoms with Crippen LogP contribution in [0.3, 0.4) is 0 Å². The van der Waals surface area contributed by atoms with Crippen LogP contribution < -0.4 is 16.4 Å². The zero-order valence-electron chi connectivity index (χ0n) is 16.0. The van der Waals surface area contributed by atoms with Crippen molar-refractivity contribution >= 4 is 42.2 Å². The first kappa shape index (κ1) is 19.7. The first-order valence-electron chi connectivity index (χ1n) is 8.86. The quantitative estimate of drug-likeness (QED) is 0.344. The summed E-state index contributed by atoms with van der Waals surface area (Å²) in [5, 5.41) is 15.2. The number of nitrogens with zero attached hydrogens (tertiary/aromatic N) is 3. The fourth-order valence-corrected chi connectivity index (χ4v) is 3.07. The number of hydrogen-bond donors (Lipinski definition) is 4. The Morgan fingerprint density at radius 2 is 2.11 bits per heavy atom. The van der Waals surface area contributed by atoms with Gasteiger partial charge in [-0.3, -0.25) is 4.98 Å². The van der Waals surface area contributed by atoms with Gasteiger partial charge in [0.25, 0.3) is 0 Å². The predicted octanol–water partition coefficient (Wildman–Crippen LogP) is 3.50. The molecule has 0 aliphatic rings. The number of anilines is 2. The summed E-state index contributed by atoms with van der Waals surface area (Å²) in [5.41, 5.74) is 9.30. The number of allylic oxidation sites excluding steroid dienone is 1. The lowest BCUT2D eigenvalue weighted by Gasteiger charge is -2.11. The molecule has 3 aromatic rings. The lowest BCUT2D eigenvalue weighted by atomic mass is 10.1. The summed E-state index contributed by atoms with van der Waals surface area (Å²) < 4.78 is 0. The topological polar surface area (TPSA) is 113 Å². The maximum absolute atomic E-state index is 7.67. The number of nitrogens with one attached hydrogen (secondary N) is 3. The molecule has 0 spiro atoms. The number of rotatable bonds is 8. The Bertz CT molecular complexity index is 1000. The molecule has 7 nitrogen and oxygen atoms in total. The van der Waals surface area contributed by atoms with Crippen LogP contribution in [0, 0.1) is 5.41 Å². The molecule has 0 fully saturated rings. The van der Waals surface area contributed by atoms with Crippen molar-refractivity contribution in [3.8, 4) is 0 Å². The maximum atomic E-state index is 7.67. The largest absolute Gasteiger partial charge is 0.386 e. The van der Waals surface area contributed by atoms with Crippen LogP contribution in [0.25, 0.3) is 16.5 Å². The molecule has 5 N–H and O–H groups in total. The highest BCUT2D eigenvalue weighted by molar-refractivity contribution is 7.55. The number of nitrogen functional groups attached to an aromatic ring is 1. The van der Waals surface area contributed by atoms with Gasteiger partial charge in [0.1, 0.15) is 0 Å². The van der Waals surface area contributed by atoms with Crippen molar-refractivity contribution in [2.75, 3.05) is 30.7 Å². The van der Waals surface area contributed by atoms with Crippen LogP contribution in [-0.4, -0.2) is 40.8 Å². The fraction of sp³-hybridized carbons (Fsp3) is 0.200. The molecule has 2 heterocycles. The predicted molar refractivity (Wildman–Crippen MR) is 119 cm³/mol. The smallest absolute Gasteiger partial charge is 0.169 e. The summed E-state index contributed by atoms with van der Waals surface area (Å²) in [7, 11) is -0.0645. The first-order valence-corrected chi connectivity index (χ1v) is 11.3. The van der Waals surface area contributed by atoms with Crippen LogP contribution >= 0.6 is 7.92 Å². The van der Waals surface area contributed by atoms with Gasteiger partial charge in [0.05, 0.1) is 17.4 Å². The van der Waals surface area contributed by atoms with Crippen LogP contribution in [0.2, 0.25) is 0 Å². The molecule has 8 heteroatoms. The molecule has 0 saturated heterocycles. The maximum Gasteiger partial charge on any atom is 0.169 e. The minimum Gasteiger partial charge on any atom is -0.386 e. The standard InChI is InChI=1S/C20H24N7P/c1-28(2)13-23-11-16(9-21)18-12-25-19(22)20(27-18)26-10-14-5-6-17-15(8-14)4-3-7-24-17/h3-9,11-12,21,23H,10,13H2,1-2H3,(H2,22,25)(H,26,27)/b16-11+,21-9?. The molecular formula is C20H24N7P. The zero-order chi connectivity index (χ0) is 19.9. The first-order chi connectivity index (χ1) is 13.6. The Morgan fingerprint density at radius 1 is 1.25 bits per heavy atom. The van der Waals surface area contributed by atoms with Crippen molar-refractivity contribution in [1.29, 1.82) is 5.41 Å². The molecule has 0 unspecified atom stereocenters. The minimum atomic E-state index is -0.0645. The number of fused-ring (bicyclic) bond motifs is 1. The minimum absolute atomic E-state index is 0.0645. The summed E-state index contributed by atoms with van der Waals surface area (Å²) in [5.74, 6) is 0.832. The van der Waals surface area contributed by atoms with Gasteiger partial charge >= 0.3 is 0 Å². The van der Waals surface area contributed by atoms with Crippen molar-refractivity contribution in [3.63, 3.8) is 0 Å². The van der Waals surface area contributed by atoms with Crippen LogP contribution in [0.5, 0.6) is 0 Å². The third-order valence-electron chi connectivity index (χ3n) is 4.04. The summed E-state index contributed by atoms with van der Waals surface area (Å²) in [6.45, 7) is 4.94. The molecule has 0 bridgehead atoms. The second kappa shape index (κ2) is 9.24. The molecule has 144 valence electrons. The van der Waals surface area contributed by atoms with Gasteiger partial charge in [-0.25, -0.2) is 9.97 Å². The second-order valence-electron chi connectivity index (χ2n) is 6.56. The highest BCUT2D eigenvalue weighted by atomic mass is 31.1. The van der Waals surface area contributed by atoms with Gasteiger partial charge in [0.15, 0.2) is 11.6 Å². The van der Waals surface area contributed by atoms with E-state index in [2.05, 4.69) is 45.0 Å². The van der Waals surface area contributed by atoms with Crippen LogP contribution in [0.1, 0.15) is 11.3 Å². The van der Waals surface area contributed by atoms with Gasteiger partial charge in [-0.1, -0.05) is 20.1 Å². The molecule has 0 amide bonds. The van der Waals surface area contributed by atoms with Crippen molar-refractivity contribution in [2.24, 2.45) is 0 Å². The van der Waals surface area contributed by atoms with E-state index >= 15 is 0 Å². The van der Waals surface area contributed by atoms with Gasteiger partial charge in [-0.05, 0) is 37.1 Å². The second-order valence-corrected chi connectivity index (χ2v) is 9.03. The van der Waals surface area contributed by atoms with Gasteiger partial charge in [0, 0.05) is 42.4 Å². The fourth-order valence-electron chi connectivity index (χ4n) is 2.62. The average Bonchev–Trinajstić information content (AvgIpc) is 2.70. The summed E-state index contributed by atoms with van der Waals surface area (Å²) in [6, 6.07) is 10.1. The Kier molecular flexibility index (Phi) is 6.50. The molecular weight excluding hydrogens is 369 g/mol. The number of benzene rings is 1. The van der Waals surface area contributed by atoms with E-state index in [4.69, 9.17) is 11.1 Å². The number of aromatic nitrogens is 3. The Morgan fingerprint density at radius 3 is 2.89 bits per heavy atom. The SMILES string of the molecule is CP(C)CN/C=C(\C=N)c1cnc(N)c(NCc2ccc3ncccc3c2)n1. The van der Waals surface area contributed by atoms with E-state index in [-0.39, 0.29) is 7.92 Å². The van der Waals surface area contributed by atoms with Gasteiger partial charge in [-0.2, -0.15) is 0 Å². The number of pyridine rings is 1. The van der Waals surface area contributed by atoms with E-state index in [1.165, 1.54) is 6.21 Å². The lowest BCUT2D eigenvalue weighted by molar-refractivity contribution is 1.05. The Hall–Kier alpha value is -3.05. The Labute approximate surface area is 165 Å². The third kappa shape index (κ3) is 5.02. The molecule has 3 rings (SSSR count). The van der Waals surface area contributed by atoms with Crippen molar-refractivity contribution in [1.82, 2.24) is 20.3 Å². The van der Waals surface area contributed by atoms with Crippen molar-refractivity contribution in [3.05, 3.63) is 60.2 Å². The van der Waals surface area contributed by atoms with E-state index in [0.717, 1.165) is 22.8 Å². The van der Waals surface area contributed by atoms with Crippen molar-refractivity contribution < 1.29 is 0 Å². The van der Waals surface area contributed by atoms with Crippen LogP contribution in [-0.2, 0) is 6.54 Å². The summed E-state index contributed by atoms with van der Waals surface area (Å²) in [4.78, 5) is 13.1. The highest BCUT2D eigenvalue weighted by Crippen LogP contribution is 2.22. The monoisotopic (exact) mass is 393 g/mol. The number of nitrogens with two attached hydrogens (primary N) is 1. The molecule has 0 saturated carbocycles. The Balaban J connectivity index is 1.75. The molecule has 28 heavy (non-hydrogen) atoms. The molecule has 2 aromatic heterocycles. The molecule has 0 aliphatic carbocycles. The average molecular weight is 393 g/mol. The van der Waals surface area contributed by atoms with E-state index < -0.39 is 0 Å². The zero-order valence-corrected chi connectivity index (χ0v) is 16.9. The lowest BCUT2D eigenvalue weighted by Crippen LogP contribution is -2.10. The van der Waals surface area contributed by atoms with Gasteiger partial charge < -0.3 is 21.8 Å². The molecule has 1 aromatic carbocycles. The van der Waals surface area contributed by atoms with Crippen molar-refractivity contribution in [2.45, 2.75) is 6.54 Å². The number of hydrogen-bond acceptors (Lipinski definition) is 7. The summed E-state index contributed by atoms with van der Waals surface area (Å²) in [6.07, 6.45) is 7.32. The van der Waals surface area contributed by atoms with Crippen LogP contribution in [0.4, 0.5) is 11.6 Å². The van der Waals surface area contributed by atoms with Crippen LogP contribution in [0.15, 0.2) is 48.9 Å². The molecule has 0 aliphatic heterocycles. The molecule has 0 atom stereocenters. The van der Waals surface area contributed by atoms with E-state index in [1.54, 1.807) is 18.6 Å². The third-order valence-corrected chi connectivity index (χ3v) is 4.86. The van der Waals surface area contributed by atoms with E-state index in [1.807, 2.05) is 24.3 Å². The van der Waals surface area contributed by atoms with E-state index in [0.29, 0.717) is 29.4 Å². The molecule has 0 radical (unpaired) electrons. The van der Waals surface area contributed by atoms with Gasteiger partial charge in [-0.15, -0.1) is 0 Å². The van der Waals surface area contributed by atoms with Gasteiger partial charge in [0.2, 0.25) is 0 Å². The van der Waals surface area contributed by atoms with E-state index in [9.17, 15) is 0 Å². The summed E-state index contributed by atoms with van der Waals surface area (Å²) >= 11 is 0. The highest BCUT2D eigenvalue weighted by Gasteiger charge is 2.08.